The molecule has 0 aliphatic carbocycles. The van der Waals surface area contributed by atoms with Gasteiger partial charge >= 0.3 is 0 Å². The zero-order valence-corrected chi connectivity index (χ0v) is 9.43. The molecule has 5 heteroatoms. The van der Waals surface area contributed by atoms with Crippen LogP contribution in [0.1, 0.15) is 22.3 Å². The van der Waals surface area contributed by atoms with Gasteiger partial charge in [0.05, 0.1) is 12.4 Å². The van der Waals surface area contributed by atoms with Crippen LogP contribution in [-0.2, 0) is 13.5 Å². The number of carbonyl (C=O) groups excluding carboxylic acids is 1. The highest BCUT2D eigenvalue weighted by Gasteiger charge is 2.08. The highest BCUT2D eigenvalue weighted by atomic mass is 19.1. The average Bonchev–Trinajstić information content (AvgIpc) is 2.72. The molecule has 0 unspecified atom stereocenters. The Hall–Kier alpha value is -2.04. The first kappa shape index (κ1) is 11.4. The second kappa shape index (κ2) is 4.86. The van der Waals surface area contributed by atoms with Crippen LogP contribution in [0, 0.1) is 5.82 Å². The highest BCUT2D eigenvalue weighted by Crippen LogP contribution is 2.08. The lowest BCUT2D eigenvalue weighted by Gasteiger charge is -1.99. The number of nitrogens with zero attached hydrogens (tertiary/aromatic N) is 3. The monoisotopic (exact) mass is 233 g/mol. The number of hydrogen-bond donors (Lipinski definition) is 0. The number of Topliss-reactive ketones (excluding diaryl/α,β-unsaturated/α-hetero) is 1. The van der Waals surface area contributed by atoms with Crippen molar-refractivity contribution in [3.63, 3.8) is 0 Å². The van der Waals surface area contributed by atoms with E-state index in [9.17, 15) is 9.18 Å². The van der Waals surface area contributed by atoms with Crippen molar-refractivity contribution in [1.82, 2.24) is 14.8 Å². The van der Waals surface area contributed by atoms with Crippen molar-refractivity contribution in [1.29, 1.82) is 0 Å². The third kappa shape index (κ3) is 2.96. The lowest BCUT2D eigenvalue weighted by Crippen LogP contribution is -2.02. The third-order valence-corrected chi connectivity index (χ3v) is 2.43. The van der Waals surface area contributed by atoms with E-state index in [0.717, 1.165) is 11.8 Å². The average molecular weight is 233 g/mol. The van der Waals surface area contributed by atoms with Gasteiger partial charge in [-0.1, -0.05) is 0 Å². The number of ketones is 1. The van der Waals surface area contributed by atoms with Gasteiger partial charge in [0, 0.05) is 31.4 Å². The minimum atomic E-state index is -0.489. The Labute approximate surface area is 98.1 Å². The Morgan fingerprint density at radius 3 is 2.88 bits per heavy atom. The van der Waals surface area contributed by atoms with Crippen LogP contribution in [0.25, 0.3) is 0 Å². The number of aryl methyl sites for hydroxylation is 2. The quantitative estimate of drug-likeness (QED) is 0.756. The first-order chi connectivity index (χ1) is 8.15. The first-order valence-corrected chi connectivity index (χ1v) is 5.26. The predicted octanol–water partition coefficient (Wildman–Crippen LogP) is 1.77. The maximum absolute atomic E-state index is 12.9. The first-order valence-electron chi connectivity index (χ1n) is 5.26. The fraction of sp³-hybridized carbons (Fsp3) is 0.250. The lowest BCUT2D eigenvalue weighted by atomic mass is 10.1. The number of rotatable bonds is 4. The minimum absolute atomic E-state index is 0.110. The molecular formula is C12H12FN3O. The second-order valence-electron chi connectivity index (χ2n) is 3.84. The Morgan fingerprint density at radius 1 is 1.41 bits per heavy atom. The number of aromatic nitrogens is 3. The zero-order chi connectivity index (χ0) is 12.3. The van der Waals surface area contributed by atoms with E-state index >= 15 is 0 Å². The number of pyridine rings is 1. The van der Waals surface area contributed by atoms with Crippen LogP contribution in [0.5, 0.6) is 0 Å². The van der Waals surface area contributed by atoms with Gasteiger partial charge in [-0.25, -0.2) is 4.39 Å². The van der Waals surface area contributed by atoms with Gasteiger partial charge in [-0.05, 0) is 18.1 Å². The molecule has 0 atom stereocenters. The van der Waals surface area contributed by atoms with E-state index in [1.807, 2.05) is 13.2 Å². The second-order valence-corrected chi connectivity index (χ2v) is 3.84. The van der Waals surface area contributed by atoms with Gasteiger partial charge in [-0.3, -0.25) is 14.5 Å². The van der Waals surface area contributed by atoms with E-state index in [1.165, 1.54) is 12.3 Å². The molecule has 0 amide bonds. The molecule has 4 nitrogen and oxygen atoms in total. The fourth-order valence-electron chi connectivity index (χ4n) is 1.57. The van der Waals surface area contributed by atoms with Crippen LogP contribution in [0.4, 0.5) is 4.39 Å². The van der Waals surface area contributed by atoms with Crippen LogP contribution < -0.4 is 0 Å². The van der Waals surface area contributed by atoms with E-state index in [0.29, 0.717) is 18.4 Å². The van der Waals surface area contributed by atoms with Crippen molar-refractivity contribution in [2.45, 2.75) is 12.8 Å². The Kier molecular flexibility index (Phi) is 3.27. The summed E-state index contributed by atoms with van der Waals surface area (Å²) in [6.45, 7) is 0. The largest absolute Gasteiger partial charge is 0.294 e. The zero-order valence-electron chi connectivity index (χ0n) is 9.43. The van der Waals surface area contributed by atoms with Crippen LogP contribution in [0.15, 0.2) is 30.9 Å². The topological polar surface area (TPSA) is 47.8 Å². The Balaban J connectivity index is 1.98. The molecule has 0 saturated carbocycles. The van der Waals surface area contributed by atoms with Crippen LogP contribution in [0.2, 0.25) is 0 Å². The van der Waals surface area contributed by atoms with Gasteiger partial charge in [0.25, 0.3) is 0 Å². The molecule has 0 saturated heterocycles. The normalized spacial score (nSPS) is 10.5. The van der Waals surface area contributed by atoms with Crippen LogP contribution in [0.3, 0.4) is 0 Å². The molecule has 0 bridgehead atoms. The Morgan fingerprint density at radius 2 is 2.24 bits per heavy atom. The molecule has 0 N–H and O–H groups in total. The van der Waals surface area contributed by atoms with Crippen molar-refractivity contribution < 1.29 is 9.18 Å². The highest BCUT2D eigenvalue weighted by molar-refractivity contribution is 5.95. The number of halogens is 1. The lowest BCUT2D eigenvalue weighted by molar-refractivity contribution is 0.0982. The van der Waals surface area contributed by atoms with Crippen molar-refractivity contribution >= 4 is 5.78 Å². The summed E-state index contributed by atoms with van der Waals surface area (Å²) in [4.78, 5) is 15.4. The van der Waals surface area contributed by atoms with E-state index in [1.54, 1.807) is 10.9 Å². The maximum Gasteiger partial charge on any atom is 0.164 e. The molecule has 0 aliphatic rings. The summed E-state index contributed by atoms with van der Waals surface area (Å²) in [5.74, 6) is -0.599. The molecular weight excluding hydrogens is 221 g/mol. The van der Waals surface area contributed by atoms with Gasteiger partial charge in [0.15, 0.2) is 5.78 Å². The summed E-state index contributed by atoms with van der Waals surface area (Å²) < 4.78 is 14.6. The molecule has 2 aromatic rings. The van der Waals surface area contributed by atoms with E-state index in [4.69, 9.17) is 0 Å². The molecule has 0 aromatic carbocycles. The molecule has 0 radical (unpaired) electrons. The minimum Gasteiger partial charge on any atom is -0.294 e. The smallest absolute Gasteiger partial charge is 0.164 e. The van der Waals surface area contributed by atoms with E-state index in [2.05, 4.69) is 10.1 Å². The summed E-state index contributed by atoms with van der Waals surface area (Å²) in [6, 6.07) is 1.21. The van der Waals surface area contributed by atoms with E-state index in [-0.39, 0.29) is 5.78 Å². The summed E-state index contributed by atoms with van der Waals surface area (Å²) in [5, 5.41) is 4.01. The van der Waals surface area contributed by atoms with Gasteiger partial charge in [-0.2, -0.15) is 5.10 Å². The number of carbonyl (C=O) groups is 1. The molecule has 17 heavy (non-hydrogen) atoms. The SMILES string of the molecule is Cn1cc(CCC(=O)c2cncc(F)c2)cn1. The van der Waals surface area contributed by atoms with Crippen molar-refractivity contribution in [3.05, 3.63) is 47.8 Å². The third-order valence-electron chi connectivity index (χ3n) is 2.43. The summed E-state index contributed by atoms with van der Waals surface area (Å²) in [6.07, 6.45) is 6.97. The van der Waals surface area contributed by atoms with Gasteiger partial charge in [-0.15, -0.1) is 0 Å². The standard InChI is InChI=1S/C12H12FN3O/c1-16-8-9(5-15-16)2-3-12(17)10-4-11(13)7-14-6-10/h4-8H,2-3H2,1H3. The molecule has 0 aliphatic heterocycles. The van der Waals surface area contributed by atoms with Gasteiger partial charge < -0.3 is 0 Å². The van der Waals surface area contributed by atoms with Crippen molar-refractivity contribution in [3.8, 4) is 0 Å². The van der Waals surface area contributed by atoms with Crippen LogP contribution >= 0.6 is 0 Å². The van der Waals surface area contributed by atoms with Crippen molar-refractivity contribution in [2.75, 3.05) is 0 Å². The molecule has 2 rings (SSSR count). The fourth-order valence-corrected chi connectivity index (χ4v) is 1.57. The molecule has 88 valence electrons. The maximum atomic E-state index is 12.9. The molecule has 0 spiro atoms. The van der Waals surface area contributed by atoms with Gasteiger partial charge in [0.2, 0.25) is 0 Å². The predicted molar refractivity (Wildman–Crippen MR) is 60.1 cm³/mol. The summed E-state index contributed by atoms with van der Waals surface area (Å²) in [5.41, 5.74) is 1.30. The summed E-state index contributed by atoms with van der Waals surface area (Å²) >= 11 is 0. The van der Waals surface area contributed by atoms with E-state index < -0.39 is 5.82 Å². The molecule has 2 heterocycles. The summed E-state index contributed by atoms with van der Waals surface area (Å²) in [7, 11) is 1.82. The Bertz CT molecular complexity index is 536. The van der Waals surface area contributed by atoms with Crippen molar-refractivity contribution in [2.24, 2.45) is 7.05 Å². The van der Waals surface area contributed by atoms with Crippen LogP contribution in [-0.4, -0.2) is 20.5 Å². The number of hydrogen-bond acceptors (Lipinski definition) is 3. The van der Waals surface area contributed by atoms with Gasteiger partial charge in [0.1, 0.15) is 5.82 Å². The molecule has 0 fully saturated rings. The molecule has 2 aromatic heterocycles.